The summed E-state index contributed by atoms with van der Waals surface area (Å²) in [6.07, 6.45) is 5.34. The minimum atomic E-state index is -0.210. The van der Waals surface area contributed by atoms with Crippen molar-refractivity contribution < 1.29 is 9.59 Å². The molecule has 0 saturated heterocycles. The minimum Gasteiger partial charge on any atom is -0.349 e. The largest absolute Gasteiger partial charge is 0.349 e. The van der Waals surface area contributed by atoms with Crippen molar-refractivity contribution in [1.29, 1.82) is 0 Å². The molecule has 1 aliphatic carbocycles. The molecular weight excluding hydrogens is 382 g/mol. The second kappa shape index (κ2) is 8.41. The Hall–Kier alpha value is -3.25. The van der Waals surface area contributed by atoms with Gasteiger partial charge in [-0.2, -0.15) is 0 Å². The van der Waals surface area contributed by atoms with Crippen molar-refractivity contribution in [3.8, 4) is 11.3 Å². The van der Waals surface area contributed by atoms with Crippen LogP contribution in [0.5, 0.6) is 0 Å². The van der Waals surface area contributed by atoms with Crippen LogP contribution < -0.4 is 10.6 Å². The molecule has 0 radical (unpaired) electrons. The molecular formula is C23H21N3O2S. The molecule has 0 aliphatic heterocycles. The predicted octanol–water partition coefficient (Wildman–Crippen LogP) is 4.66. The Kier molecular flexibility index (Phi) is 5.53. The number of benzene rings is 2. The number of aryl methyl sites for hydroxylation is 1. The van der Waals surface area contributed by atoms with Gasteiger partial charge in [0.1, 0.15) is 0 Å². The average molecular weight is 404 g/mol. The fourth-order valence-corrected chi connectivity index (χ4v) is 3.44. The Morgan fingerprint density at radius 2 is 1.79 bits per heavy atom. The quantitative estimate of drug-likeness (QED) is 0.588. The number of carbonyl (C=O) groups excluding carboxylic acids is 2. The fourth-order valence-electron chi connectivity index (χ4n) is 2.82. The van der Waals surface area contributed by atoms with Crippen molar-refractivity contribution in [3.05, 3.63) is 76.1 Å². The van der Waals surface area contributed by atoms with E-state index >= 15 is 0 Å². The van der Waals surface area contributed by atoms with Gasteiger partial charge in [0.05, 0.1) is 10.7 Å². The molecule has 1 fully saturated rings. The van der Waals surface area contributed by atoms with Crippen LogP contribution in [0.3, 0.4) is 0 Å². The summed E-state index contributed by atoms with van der Waals surface area (Å²) in [5, 5.41) is 8.85. The van der Waals surface area contributed by atoms with Crippen molar-refractivity contribution in [2.24, 2.45) is 0 Å². The van der Waals surface area contributed by atoms with Crippen LogP contribution in [-0.4, -0.2) is 22.8 Å². The third-order valence-electron chi connectivity index (χ3n) is 4.58. The molecule has 0 spiro atoms. The lowest BCUT2D eigenvalue weighted by molar-refractivity contribution is -0.111. The number of thiazole rings is 1. The maximum absolute atomic E-state index is 12.2. The Morgan fingerprint density at radius 3 is 2.41 bits per heavy atom. The summed E-state index contributed by atoms with van der Waals surface area (Å²) in [7, 11) is 0. The van der Waals surface area contributed by atoms with Crippen LogP contribution >= 0.6 is 11.3 Å². The Labute approximate surface area is 173 Å². The number of aromatic nitrogens is 1. The van der Waals surface area contributed by atoms with Crippen molar-refractivity contribution >= 4 is 34.9 Å². The van der Waals surface area contributed by atoms with E-state index < -0.39 is 0 Å². The Balaban J connectivity index is 1.32. The number of nitrogens with one attached hydrogen (secondary N) is 2. The summed E-state index contributed by atoms with van der Waals surface area (Å²) >= 11 is 1.61. The number of anilines is 1. The van der Waals surface area contributed by atoms with E-state index in [1.165, 1.54) is 6.08 Å². The molecule has 1 aliphatic rings. The molecule has 0 unspecified atom stereocenters. The SMILES string of the molecule is Cc1nc(-c2ccc(NC(=O)C=Cc3ccc(C(=O)NC4CC4)cc3)cc2)cs1. The monoisotopic (exact) mass is 403 g/mol. The van der Waals surface area contributed by atoms with E-state index in [0.717, 1.165) is 40.4 Å². The third kappa shape index (κ3) is 5.18. The van der Waals surface area contributed by atoms with Gasteiger partial charge in [-0.15, -0.1) is 11.3 Å². The van der Waals surface area contributed by atoms with Gasteiger partial charge in [0.25, 0.3) is 5.91 Å². The number of nitrogens with zero attached hydrogens (tertiary/aromatic N) is 1. The van der Waals surface area contributed by atoms with Crippen molar-refractivity contribution in [2.75, 3.05) is 5.32 Å². The molecule has 146 valence electrons. The van der Waals surface area contributed by atoms with E-state index in [1.54, 1.807) is 29.5 Å². The standard InChI is InChI=1S/C23H21N3O2S/c1-15-24-21(14-29-15)17-7-9-19(10-8-17)25-22(27)13-4-16-2-5-18(6-3-16)23(28)26-20-11-12-20/h2-10,13-14,20H,11-12H2,1H3,(H,25,27)(H,26,28). The minimum absolute atomic E-state index is 0.0444. The maximum atomic E-state index is 12.2. The first-order valence-corrected chi connectivity index (χ1v) is 10.4. The highest BCUT2D eigenvalue weighted by Crippen LogP contribution is 2.23. The van der Waals surface area contributed by atoms with Crippen LogP contribution in [0, 0.1) is 6.92 Å². The summed E-state index contributed by atoms with van der Waals surface area (Å²) in [6.45, 7) is 1.98. The van der Waals surface area contributed by atoms with E-state index in [2.05, 4.69) is 15.6 Å². The van der Waals surface area contributed by atoms with E-state index in [1.807, 2.05) is 48.7 Å². The van der Waals surface area contributed by atoms with E-state index in [9.17, 15) is 9.59 Å². The smallest absolute Gasteiger partial charge is 0.251 e. The van der Waals surface area contributed by atoms with Gasteiger partial charge in [0.2, 0.25) is 5.91 Å². The fraction of sp³-hybridized carbons (Fsp3) is 0.174. The van der Waals surface area contributed by atoms with Gasteiger partial charge in [-0.1, -0.05) is 24.3 Å². The molecule has 2 aromatic carbocycles. The first kappa shape index (κ1) is 19.1. The zero-order valence-electron chi connectivity index (χ0n) is 16.0. The lowest BCUT2D eigenvalue weighted by Gasteiger charge is -2.04. The molecule has 1 aromatic heterocycles. The third-order valence-corrected chi connectivity index (χ3v) is 5.35. The van der Waals surface area contributed by atoms with Crippen LogP contribution in [-0.2, 0) is 4.79 Å². The lowest BCUT2D eigenvalue weighted by atomic mass is 10.1. The van der Waals surface area contributed by atoms with Gasteiger partial charge in [0, 0.05) is 34.3 Å². The van der Waals surface area contributed by atoms with Gasteiger partial charge in [0.15, 0.2) is 0 Å². The molecule has 1 saturated carbocycles. The molecule has 2 amide bonds. The van der Waals surface area contributed by atoms with Gasteiger partial charge in [-0.05, 0) is 55.7 Å². The van der Waals surface area contributed by atoms with Crippen molar-refractivity contribution in [3.63, 3.8) is 0 Å². The number of hydrogen-bond donors (Lipinski definition) is 2. The van der Waals surface area contributed by atoms with Gasteiger partial charge in [-0.25, -0.2) is 4.98 Å². The molecule has 4 rings (SSSR count). The molecule has 6 heteroatoms. The van der Waals surface area contributed by atoms with Crippen LogP contribution in [0.15, 0.2) is 60.0 Å². The highest BCUT2D eigenvalue weighted by atomic mass is 32.1. The van der Waals surface area contributed by atoms with Crippen molar-refractivity contribution in [2.45, 2.75) is 25.8 Å². The molecule has 3 aromatic rings. The van der Waals surface area contributed by atoms with Crippen LogP contribution in [0.25, 0.3) is 17.3 Å². The summed E-state index contributed by atoms with van der Waals surface area (Å²) in [5.74, 6) is -0.255. The summed E-state index contributed by atoms with van der Waals surface area (Å²) in [5.41, 5.74) is 4.18. The number of rotatable bonds is 6. The lowest BCUT2D eigenvalue weighted by Crippen LogP contribution is -2.25. The zero-order chi connectivity index (χ0) is 20.2. The van der Waals surface area contributed by atoms with Gasteiger partial charge < -0.3 is 10.6 Å². The summed E-state index contributed by atoms with van der Waals surface area (Å²) in [4.78, 5) is 28.6. The molecule has 2 N–H and O–H groups in total. The van der Waals surface area contributed by atoms with Crippen LogP contribution in [0.1, 0.15) is 33.8 Å². The average Bonchev–Trinajstić information content (AvgIpc) is 3.44. The van der Waals surface area contributed by atoms with Gasteiger partial charge in [-0.3, -0.25) is 9.59 Å². The second-order valence-electron chi connectivity index (χ2n) is 7.02. The summed E-state index contributed by atoms with van der Waals surface area (Å²) in [6, 6.07) is 15.2. The number of hydrogen-bond acceptors (Lipinski definition) is 4. The second-order valence-corrected chi connectivity index (χ2v) is 8.08. The van der Waals surface area contributed by atoms with E-state index in [-0.39, 0.29) is 11.8 Å². The first-order valence-electron chi connectivity index (χ1n) is 9.49. The summed E-state index contributed by atoms with van der Waals surface area (Å²) < 4.78 is 0. The first-order chi connectivity index (χ1) is 14.1. The molecule has 1 heterocycles. The normalized spacial score (nSPS) is 13.4. The molecule has 0 atom stereocenters. The molecule has 0 bridgehead atoms. The van der Waals surface area contributed by atoms with Crippen molar-refractivity contribution in [1.82, 2.24) is 10.3 Å². The highest BCUT2D eigenvalue weighted by Gasteiger charge is 2.23. The van der Waals surface area contributed by atoms with Crippen LogP contribution in [0.2, 0.25) is 0 Å². The van der Waals surface area contributed by atoms with Crippen LogP contribution in [0.4, 0.5) is 5.69 Å². The number of carbonyl (C=O) groups is 2. The molecule has 29 heavy (non-hydrogen) atoms. The Morgan fingerprint density at radius 1 is 1.07 bits per heavy atom. The zero-order valence-corrected chi connectivity index (χ0v) is 16.8. The topological polar surface area (TPSA) is 71.1 Å². The maximum Gasteiger partial charge on any atom is 0.251 e. The highest BCUT2D eigenvalue weighted by molar-refractivity contribution is 7.09. The predicted molar refractivity (Wildman–Crippen MR) is 117 cm³/mol. The number of amides is 2. The van der Waals surface area contributed by atoms with E-state index in [0.29, 0.717) is 11.6 Å². The van der Waals surface area contributed by atoms with E-state index in [4.69, 9.17) is 0 Å². The van der Waals surface area contributed by atoms with Gasteiger partial charge >= 0.3 is 0 Å². The Bertz CT molecular complexity index is 1050. The molecule has 5 nitrogen and oxygen atoms in total.